The molecule has 150 valence electrons. The van der Waals surface area contributed by atoms with Crippen LogP contribution in [-0.4, -0.2) is 25.6 Å². The zero-order valence-corrected chi connectivity index (χ0v) is 14.8. The van der Waals surface area contributed by atoms with Crippen molar-refractivity contribution in [2.45, 2.75) is 6.18 Å². The van der Waals surface area contributed by atoms with E-state index in [-0.39, 0.29) is 34.1 Å². The number of nitro benzene ring substituents is 1. The van der Waals surface area contributed by atoms with Gasteiger partial charge in [-0.1, -0.05) is 6.07 Å². The number of aromatic nitrogens is 3. The van der Waals surface area contributed by atoms with Gasteiger partial charge in [-0.3, -0.25) is 19.6 Å². The molecule has 0 fully saturated rings. The monoisotopic (exact) mass is 406 g/mol. The zero-order valence-electron chi connectivity index (χ0n) is 14.8. The van der Waals surface area contributed by atoms with Gasteiger partial charge in [-0.2, -0.15) is 18.3 Å². The van der Waals surface area contributed by atoms with E-state index in [1.807, 2.05) is 0 Å². The molecule has 9 nitrogen and oxygen atoms in total. The Morgan fingerprint density at radius 1 is 1.24 bits per heavy atom. The predicted octanol–water partition coefficient (Wildman–Crippen LogP) is 3.24. The first kappa shape index (κ1) is 19.8. The van der Waals surface area contributed by atoms with Crippen molar-refractivity contribution in [2.24, 2.45) is 7.05 Å². The number of carbonyl (C=O) groups excluding carboxylic acids is 1. The molecule has 1 amide bonds. The SMILES string of the molecule is Cn1nc(C(F)(F)F)cc1-c1ccc(NC(=O)c2cccc([N+](=O)[O-])c2)nc1N. The van der Waals surface area contributed by atoms with E-state index in [2.05, 4.69) is 15.4 Å². The molecule has 0 saturated heterocycles. The zero-order chi connectivity index (χ0) is 21.3. The first-order chi connectivity index (χ1) is 13.6. The number of nitrogens with zero attached hydrogens (tertiary/aromatic N) is 4. The molecule has 0 radical (unpaired) electrons. The van der Waals surface area contributed by atoms with Gasteiger partial charge in [0.2, 0.25) is 0 Å². The lowest BCUT2D eigenvalue weighted by Crippen LogP contribution is -2.14. The molecule has 0 aliphatic heterocycles. The molecular weight excluding hydrogens is 393 g/mol. The number of alkyl halides is 3. The summed E-state index contributed by atoms with van der Waals surface area (Å²) in [4.78, 5) is 26.4. The van der Waals surface area contributed by atoms with Crippen LogP contribution in [0.4, 0.5) is 30.5 Å². The summed E-state index contributed by atoms with van der Waals surface area (Å²) in [7, 11) is 1.34. The number of anilines is 2. The summed E-state index contributed by atoms with van der Waals surface area (Å²) < 4.78 is 39.5. The number of nitrogens with two attached hydrogens (primary N) is 1. The molecule has 0 saturated carbocycles. The average Bonchev–Trinajstić information content (AvgIpc) is 3.04. The molecule has 2 heterocycles. The second-order valence-corrected chi connectivity index (χ2v) is 5.93. The number of benzene rings is 1. The number of aryl methyl sites for hydroxylation is 1. The van der Waals surface area contributed by atoms with Gasteiger partial charge in [-0.25, -0.2) is 4.98 Å². The number of nitrogen functional groups attached to an aromatic ring is 1. The molecule has 0 atom stereocenters. The number of nitro groups is 1. The van der Waals surface area contributed by atoms with Crippen LogP contribution in [-0.2, 0) is 13.2 Å². The van der Waals surface area contributed by atoms with E-state index in [0.29, 0.717) is 0 Å². The minimum absolute atomic E-state index is 0.0287. The van der Waals surface area contributed by atoms with Crippen LogP contribution in [0, 0.1) is 10.1 Å². The van der Waals surface area contributed by atoms with Gasteiger partial charge in [0.15, 0.2) is 5.69 Å². The largest absolute Gasteiger partial charge is 0.435 e. The summed E-state index contributed by atoms with van der Waals surface area (Å²) in [6.45, 7) is 0. The molecule has 0 spiro atoms. The van der Waals surface area contributed by atoms with Crippen LogP contribution in [0.3, 0.4) is 0 Å². The van der Waals surface area contributed by atoms with Gasteiger partial charge in [0.05, 0.1) is 10.6 Å². The summed E-state index contributed by atoms with van der Waals surface area (Å²) >= 11 is 0. The Kier molecular flexibility index (Phi) is 4.93. The molecule has 0 bridgehead atoms. The van der Waals surface area contributed by atoms with Crippen LogP contribution in [0.5, 0.6) is 0 Å². The van der Waals surface area contributed by atoms with Gasteiger partial charge in [0, 0.05) is 30.3 Å². The third-order valence-electron chi connectivity index (χ3n) is 3.93. The fourth-order valence-electron chi connectivity index (χ4n) is 2.57. The van der Waals surface area contributed by atoms with Gasteiger partial charge < -0.3 is 11.1 Å². The Bertz CT molecular complexity index is 1110. The fraction of sp³-hybridized carbons (Fsp3) is 0.118. The number of hydrogen-bond donors (Lipinski definition) is 2. The number of non-ortho nitro benzene ring substituents is 1. The Balaban J connectivity index is 1.85. The molecule has 3 rings (SSSR count). The Labute approximate surface area is 161 Å². The van der Waals surface area contributed by atoms with Crippen molar-refractivity contribution in [3.05, 3.63) is 63.8 Å². The summed E-state index contributed by atoms with van der Waals surface area (Å²) in [5.74, 6) is -0.757. The van der Waals surface area contributed by atoms with Crippen LogP contribution in [0.25, 0.3) is 11.3 Å². The minimum atomic E-state index is -4.61. The normalized spacial score (nSPS) is 11.3. The van der Waals surface area contributed by atoms with Crippen molar-refractivity contribution in [2.75, 3.05) is 11.1 Å². The molecule has 2 aromatic heterocycles. The maximum absolute atomic E-state index is 12.8. The van der Waals surface area contributed by atoms with Gasteiger partial charge in [0.25, 0.3) is 11.6 Å². The lowest BCUT2D eigenvalue weighted by Gasteiger charge is -2.09. The van der Waals surface area contributed by atoms with Crippen molar-refractivity contribution in [3.8, 4) is 11.3 Å². The maximum atomic E-state index is 12.8. The first-order valence-electron chi connectivity index (χ1n) is 8.00. The molecule has 0 unspecified atom stereocenters. The van der Waals surface area contributed by atoms with E-state index in [9.17, 15) is 28.1 Å². The van der Waals surface area contributed by atoms with E-state index in [0.717, 1.165) is 16.8 Å². The van der Waals surface area contributed by atoms with Crippen LogP contribution in [0.15, 0.2) is 42.5 Å². The highest BCUT2D eigenvalue weighted by Gasteiger charge is 2.35. The average molecular weight is 406 g/mol. The molecular formula is C17H13F3N6O3. The quantitative estimate of drug-likeness (QED) is 0.505. The van der Waals surface area contributed by atoms with E-state index in [1.165, 1.54) is 37.4 Å². The number of pyridine rings is 1. The Hall–Kier alpha value is -3.96. The lowest BCUT2D eigenvalue weighted by molar-refractivity contribution is -0.384. The minimum Gasteiger partial charge on any atom is -0.383 e. The summed E-state index contributed by atoms with van der Waals surface area (Å²) in [5, 5.41) is 16.7. The Morgan fingerprint density at radius 2 is 1.97 bits per heavy atom. The van der Waals surface area contributed by atoms with E-state index >= 15 is 0 Å². The second-order valence-electron chi connectivity index (χ2n) is 5.93. The van der Waals surface area contributed by atoms with Crippen molar-refractivity contribution >= 4 is 23.2 Å². The second kappa shape index (κ2) is 7.22. The van der Waals surface area contributed by atoms with E-state index in [4.69, 9.17) is 5.73 Å². The molecule has 3 aromatic rings. The Morgan fingerprint density at radius 3 is 2.55 bits per heavy atom. The highest BCUT2D eigenvalue weighted by Crippen LogP contribution is 2.33. The third kappa shape index (κ3) is 4.15. The van der Waals surface area contributed by atoms with Gasteiger partial charge >= 0.3 is 6.18 Å². The molecule has 3 N–H and O–H groups in total. The van der Waals surface area contributed by atoms with Crippen molar-refractivity contribution in [3.63, 3.8) is 0 Å². The van der Waals surface area contributed by atoms with Crippen LogP contribution < -0.4 is 11.1 Å². The highest BCUT2D eigenvalue weighted by molar-refractivity contribution is 6.04. The summed E-state index contributed by atoms with van der Waals surface area (Å²) in [5.41, 5.74) is 4.85. The van der Waals surface area contributed by atoms with Gasteiger partial charge in [-0.15, -0.1) is 0 Å². The fourth-order valence-corrected chi connectivity index (χ4v) is 2.57. The number of amides is 1. The van der Waals surface area contributed by atoms with Crippen LogP contribution in [0.2, 0.25) is 0 Å². The third-order valence-corrected chi connectivity index (χ3v) is 3.93. The van der Waals surface area contributed by atoms with Crippen LogP contribution in [0.1, 0.15) is 16.1 Å². The van der Waals surface area contributed by atoms with E-state index in [1.54, 1.807) is 0 Å². The molecule has 12 heteroatoms. The van der Waals surface area contributed by atoms with Gasteiger partial charge in [0.1, 0.15) is 11.6 Å². The lowest BCUT2D eigenvalue weighted by atomic mass is 10.1. The van der Waals surface area contributed by atoms with Gasteiger partial charge in [-0.05, 0) is 24.3 Å². The van der Waals surface area contributed by atoms with Crippen molar-refractivity contribution in [1.82, 2.24) is 14.8 Å². The number of rotatable bonds is 4. The summed E-state index contributed by atoms with van der Waals surface area (Å²) in [6.07, 6.45) is -4.61. The smallest absolute Gasteiger partial charge is 0.383 e. The maximum Gasteiger partial charge on any atom is 0.435 e. The van der Waals surface area contributed by atoms with Crippen molar-refractivity contribution in [1.29, 1.82) is 0 Å². The number of halogens is 3. The number of carbonyl (C=O) groups is 1. The highest BCUT2D eigenvalue weighted by atomic mass is 19.4. The molecule has 1 aromatic carbocycles. The first-order valence-corrected chi connectivity index (χ1v) is 8.00. The van der Waals surface area contributed by atoms with E-state index < -0.39 is 22.7 Å². The predicted molar refractivity (Wildman–Crippen MR) is 96.9 cm³/mol. The molecule has 0 aliphatic rings. The topological polar surface area (TPSA) is 129 Å². The number of nitrogens with one attached hydrogen (secondary N) is 1. The standard InChI is InChI=1S/C17H13F3N6O3/c1-25-12(8-13(24-25)17(18,19)20)11-5-6-14(22-15(11)21)23-16(27)9-3-2-4-10(7-9)26(28)29/h2-8H,1H3,(H3,21,22,23,27). The molecule has 29 heavy (non-hydrogen) atoms. The number of hydrogen-bond acceptors (Lipinski definition) is 6. The summed E-state index contributed by atoms with van der Waals surface area (Å²) in [6, 6.07) is 8.66. The molecule has 0 aliphatic carbocycles. The van der Waals surface area contributed by atoms with Crippen LogP contribution >= 0.6 is 0 Å². The van der Waals surface area contributed by atoms with Crippen molar-refractivity contribution < 1.29 is 22.9 Å².